The van der Waals surface area contributed by atoms with Crippen LogP contribution in [0.25, 0.3) is 0 Å². The lowest BCUT2D eigenvalue weighted by Gasteiger charge is -2.05. The molecule has 0 fully saturated rings. The molecule has 0 bridgehead atoms. The predicted molar refractivity (Wildman–Crippen MR) is 56.7 cm³/mol. The Labute approximate surface area is 92.2 Å². The summed E-state index contributed by atoms with van der Waals surface area (Å²) in [5.41, 5.74) is 0.480. The van der Waals surface area contributed by atoms with Gasteiger partial charge in [0.15, 0.2) is 0 Å². The highest BCUT2D eigenvalue weighted by atomic mass is 35.5. The van der Waals surface area contributed by atoms with Crippen LogP contribution < -0.4 is 5.32 Å². The first kappa shape index (κ1) is 11.5. The van der Waals surface area contributed by atoms with Crippen LogP contribution in [0.4, 0.5) is 5.69 Å². The van der Waals surface area contributed by atoms with Crippen molar-refractivity contribution in [3.8, 4) is 0 Å². The highest BCUT2D eigenvalue weighted by Crippen LogP contribution is 2.20. The van der Waals surface area contributed by atoms with Crippen molar-refractivity contribution < 1.29 is 14.3 Å². The molecule has 1 aromatic carbocycles. The zero-order valence-electron chi connectivity index (χ0n) is 8.12. The zero-order chi connectivity index (χ0) is 11.3. The van der Waals surface area contributed by atoms with E-state index in [1.54, 1.807) is 24.3 Å². The highest BCUT2D eigenvalue weighted by molar-refractivity contribution is 6.33. The first-order valence-electron chi connectivity index (χ1n) is 4.24. The van der Waals surface area contributed by atoms with Gasteiger partial charge in [-0.25, -0.2) is 0 Å². The molecule has 0 radical (unpaired) electrons. The Morgan fingerprint density at radius 3 is 2.67 bits per heavy atom. The summed E-state index contributed by atoms with van der Waals surface area (Å²) in [4.78, 5) is 22.0. The van der Waals surface area contributed by atoms with E-state index < -0.39 is 11.9 Å². The molecular weight excluding hydrogens is 218 g/mol. The van der Waals surface area contributed by atoms with Crippen molar-refractivity contribution in [1.29, 1.82) is 0 Å². The largest absolute Gasteiger partial charge is 0.469 e. The van der Waals surface area contributed by atoms with E-state index in [-0.39, 0.29) is 6.42 Å². The molecule has 1 N–H and O–H groups in total. The molecule has 0 aliphatic heterocycles. The molecule has 1 aromatic rings. The summed E-state index contributed by atoms with van der Waals surface area (Å²) in [5.74, 6) is -1.03. The zero-order valence-corrected chi connectivity index (χ0v) is 8.88. The third-order valence-electron chi connectivity index (χ3n) is 1.68. The molecule has 1 rings (SSSR count). The molecule has 80 valence electrons. The number of anilines is 1. The second kappa shape index (κ2) is 5.36. The van der Waals surface area contributed by atoms with Gasteiger partial charge in [0.25, 0.3) is 0 Å². The van der Waals surface area contributed by atoms with Gasteiger partial charge >= 0.3 is 5.97 Å². The first-order chi connectivity index (χ1) is 7.13. The fourth-order valence-corrected chi connectivity index (χ4v) is 1.14. The normalized spacial score (nSPS) is 9.47. The SMILES string of the molecule is COC(=O)CC(=O)Nc1ccccc1Cl. The van der Waals surface area contributed by atoms with Crippen molar-refractivity contribution in [3.63, 3.8) is 0 Å². The van der Waals surface area contributed by atoms with Crippen LogP contribution in [-0.2, 0) is 14.3 Å². The van der Waals surface area contributed by atoms with Crippen molar-refractivity contribution in [2.45, 2.75) is 6.42 Å². The molecule has 0 unspecified atom stereocenters. The summed E-state index contributed by atoms with van der Waals surface area (Å²) >= 11 is 5.81. The van der Waals surface area contributed by atoms with Crippen molar-refractivity contribution in [2.24, 2.45) is 0 Å². The number of hydrogen-bond donors (Lipinski definition) is 1. The summed E-state index contributed by atoms with van der Waals surface area (Å²) < 4.78 is 4.36. The van der Waals surface area contributed by atoms with E-state index in [9.17, 15) is 9.59 Å². The molecule has 0 aromatic heterocycles. The van der Waals surface area contributed by atoms with E-state index in [1.807, 2.05) is 0 Å². The van der Waals surface area contributed by atoms with Crippen LogP contribution in [0.1, 0.15) is 6.42 Å². The number of carbonyl (C=O) groups is 2. The maximum atomic E-state index is 11.3. The van der Waals surface area contributed by atoms with E-state index in [4.69, 9.17) is 11.6 Å². The quantitative estimate of drug-likeness (QED) is 0.633. The maximum absolute atomic E-state index is 11.3. The molecule has 0 heterocycles. The summed E-state index contributed by atoms with van der Waals surface area (Å²) in [6, 6.07) is 6.78. The average molecular weight is 228 g/mol. The minimum absolute atomic E-state index is 0.318. The van der Waals surface area contributed by atoms with Gasteiger partial charge in [0.1, 0.15) is 6.42 Å². The van der Waals surface area contributed by atoms with Gasteiger partial charge in [-0.15, -0.1) is 0 Å². The highest BCUT2D eigenvalue weighted by Gasteiger charge is 2.10. The summed E-state index contributed by atoms with van der Waals surface area (Å²) in [6.45, 7) is 0. The number of benzene rings is 1. The molecule has 0 spiro atoms. The van der Waals surface area contributed by atoms with Gasteiger partial charge in [-0.2, -0.15) is 0 Å². The number of esters is 1. The minimum atomic E-state index is -0.584. The fourth-order valence-electron chi connectivity index (χ4n) is 0.960. The summed E-state index contributed by atoms with van der Waals surface area (Å²) in [7, 11) is 1.23. The molecule has 0 atom stereocenters. The molecule has 1 amide bonds. The number of hydrogen-bond acceptors (Lipinski definition) is 3. The van der Waals surface area contributed by atoms with Crippen molar-refractivity contribution in [1.82, 2.24) is 0 Å². The Balaban J connectivity index is 2.59. The predicted octanol–water partition coefficient (Wildman–Crippen LogP) is 1.84. The van der Waals surface area contributed by atoms with Gasteiger partial charge in [-0.05, 0) is 12.1 Å². The number of carbonyl (C=O) groups excluding carboxylic acids is 2. The molecule has 0 aliphatic rings. The topological polar surface area (TPSA) is 55.4 Å². The van der Waals surface area contributed by atoms with Gasteiger partial charge in [-0.3, -0.25) is 9.59 Å². The monoisotopic (exact) mass is 227 g/mol. The van der Waals surface area contributed by atoms with E-state index in [0.717, 1.165) is 0 Å². The molecule has 15 heavy (non-hydrogen) atoms. The number of para-hydroxylation sites is 1. The van der Waals surface area contributed by atoms with Crippen molar-refractivity contribution in [2.75, 3.05) is 12.4 Å². The average Bonchev–Trinajstić information content (AvgIpc) is 2.21. The Morgan fingerprint density at radius 2 is 2.07 bits per heavy atom. The van der Waals surface area contributed by atoms with E-state index in [0.29, 0.717) is 10.7 Å². The molecular formula is C10H10ClNO3. The van der Waals surface area contributed by atoms with Gasteiger partial charge in [0.05, 0.1) is 17.8 Å². The summed E-state index contributed by atoms with van der Waals surface area (Å²) in [6.07, 6.45) is -0.318. The van der Waals surface area contributed by atoms with Crippen molar-refractivity contribution >= 4 is 29.2 Å². The third kappa shape index (κ3) is 3.59. The second-order valence-corrected chi connectivity index (χ2v) is 3.19. The van der Waals surface area contributed by atoms with Crippen LogP contribution >= 0.6 is 11.6 Å². The first-order valence-corrected chi connectivity index (χ1v) is 4.62. The number of rotatable bonds is 3. The smallest absolute Gasteiger partial charge is 0.315 e. The van der Waals surface area contributed by atoms with Crippen LogP contribution in [0.3, 0.4) is 0 Å². The Kier molecular flexibility index (Phi) is 4.12. The van der Waals surface area contributed by atoms with Gasteiger partial charge in [0, 0.05) is 0 Å². The van der Waals surface area contributed by atoms with Crippen LogP contribution in [-0.4, -0.2) is 19.0 Å². The van der Waals surface area contributed by atoms with Gasteiger partial charge in [-0.1, -0.05) is 23.7 Å². The van der Waals surface area contributed by atoms with Crippen LogP contribution in [0, 0.1) is 0 Å². The Hall–Kier alpha value is -1.55. The van der Waals surface area contributed by atoms with Crippen molar-refractivity contribution in [3.05, 3.63) is 29.3 Å². The van der Waals surface area contributed by atoms with Crippen LogP contribution in [0.5, 0.6) is 0 Å². The Bertz CT molecular complexity index is 379. The van der Waals surface area contributed by atoms with E-state index in [1.165, 1.54) is 7.11 Å². The lowest BCUT2D eigenvalue weighted by molar-refractivity contribution is -0.142. The molecule has 0 aliphatic carbocycles. The Morgan fingerprint density at radius 1 is 1.40 bits per heavy atom. The number of amides is 1. The number of methoxy groups -OCH3 is 1. The molecule has 0 saturated carbocycles. The molecule has 4 nitrogen and oxygen atoms in total. The number of ether oxygens (including phenoxy) is 1. The second-order valence-electron chi connectivity index (χ2n) is 2.78. The van der Waals surface area contributed by atoms with Crippen LogP contribution in [0.2, 0.25) is 5.02 Å². The fraction of sp³-hybridized carbons (Fsp3) is 0.200. The van der Waals surface area contributed by atoms with E-state index in [2.05, 4.69) is 10.1 Å². The third-order valence-corrected chi connectivity index (χ3v) is 2.01. The van der Waals surface area contributed by atoms with E-state index >= 15 is 0 Å². The van der Waals surface area contributed by atoms with Crippen LogP contribution in [0.15, 0.2) is 24.3 Å². The minimum Gasteiger partial charge on any atom is -0.469 e. The lowest BCUT2D eigenvalue weighted by Crippen LogP contribution is -2.17. The molecule has 0 saturated heterocycles. The maximum Gasteiger partial charge on any atom is 0.315 e. The van der Waals surface area contributed by atoms with Gasteiger partial charge in [0.2, 0.25) is 5.91 Å². The lowest BCUT2D eigenvalue weighted by atomic mass is 10.3. The summed E-state index contributed by atoms with van der Waals surface area (Å²) in [5, 5.41) is 2.93. The van der Waals surface area contributed by atoms with Gasteiger partial charge < -0.3 is 10.1 Å². The standard InChI is InChI=1S/C10H10ClNO3/c1-15-10(14)6-9(13)12-8-5-3-2-4-7(8)11/h2-5H,6H2,1H3,(H,12,13). The number of nitrogens with one attached hydrogen (secondary N) is 1. The number of halogens is 1. The molecule has 5 heteroatoms.